The molecule has 1 aliphatic rings. The Hall–Kier alpha value is -1.70. The average molecular weight is 341 g/mol. The first kappa shape index (κ1) is 17.7. The van der Waals surface area contributed by atoms with Gasteiger partial charge in [0.25, 0.3) is 5.56 Å². The summed E-state index contributed by atoms with van der Waals surface area (Å²) < 4.78 is 23.2. The zero-order valence-corrected chi connectivity index (χ0v) is 14.6. The molecule has 0 spiro atoms. The highest BCUT2D eigenvalue weighted by molar-refractivity contribution is 7.91. The fraction of sp³-hybridized carbons (Fsp3) is 0.667. The number of nitrogens with zero attached hydrogens (tertiary/aromatic N) is 2. The molecule has 0 bridgehead atoms. The second-order valence-corrected chi connectivity index (χ2v) is 8.07. The summed E-state index contributed by atoms with van der Waals surface area (Å²) in [6.07, 6.45) is 1.03. The molecular weight excluding hydrogens is 318 g/mol. The summed E-state index contributed by atoms with van der Waals surface area (Å²) >= 11 is 0. The third-order valence-electron chi connectivity index (χ3n) is 4.24. The van der Waals surface area contributed by atoms with E-state index in [1.807, 2.05) is 13.8 Å². The van der Waals surface area contributed by atoms with E-state index in [0.29, 0.717) is 36.5 Å². The van der Waals surface area contributed by atoms with E-state index in [2.05, 4.69) is 9.97 Å². The minimum Gasteiger partial charge on any atom is -0.339 e. The van der Waals surface area contributed by atoms with Gasteiger partial charge in [-0.2, -0.15) is 0 Å². The molecule has 7 nitrogen and oxygen atoms in total. The maximum Gasteiger partial charge on any atom is 0.254 e. The molecule has 128 valence electrons. The first-order chi connectivity index (χ1) is 10.8. The lowest BCUT2D eigenvalue weighted by molar-refractivity contribution is -0.132. The van der Waals surface area contributed by atoms with Crippen molar-refractivity contribution in [1.82, 2.24) is 14.9 Å². The van der Waals surface area contributed by atoms with Crippen molar-refractivity contribution in [2.75, 3.05) is 18.1 Å². The molecule has 1 aromatic heterocycles. The van der Waals surface area contributed by atoms with Gasteiger partial charge in [0.1, 0.15) is 5.82 Å². The van der Waals surface area contributed by atoms with Crippen LogP contribution in [0.15, 0.2) is 4.79 Å². The van der Waals surface area contributed by atoms with Crippen molar-refractivity contribution in [2.45, 2.75) is 46.1 Å². The summed E-state index contributed by atoms with van der Waals surface area (Å²) in [6, 6.07) is -0.292. The van der Waals surface area contributed by atoms with Crippen LogP contribution in [0.5, 0.6) is 0 Å². The molecule has 1 amide bonds. The standard InChI is InChI=1S/C15H23N3O4S/c1-4-13-16-10(3)12(15(20)17-13)8-14(19)18(5-2)11-6-7-23(21,22)9-11/h11H,4-9H2,1-3H3,(H,16,17,20)/t11-/m0/s1. The number of carbonyl (C=O) groups excluding carboxylic acids is 1. The van der Waals surface area contributed by atoms with Gasteiger partial charge in [0.05, 0.1) is 17.9 Å². The smallest absolute Gasteiger partial charge is 0.254 e. The molecule has 0 aliphatic carbocycles. The number of aryl methyl sites for hydroxylation is 2. The van der Waals surface area contributed by atoms with Crippen molar-refractivity contribution < 1.29 is 13.2 Å². The molecular formula is C15H23N3O4S. The number of carbonyl (C=O) groups is 1. The molecule has 1 aliphatic heterocycles. The third kappa shape index (κ3) is 3.99. The van der Waals surface area contributed by atoms with Crippen LogP contribution >= 0.6 is 0 Å². The SMILES string of the molecule is CCc1nc(C)c(CC(=O)N(CC)[C@H]2CCS(=O)(=O)C2)c(=O)[nH]1. The second kappa shape index (κ2) is 6.82. The average Bonchev–Trinajstić information content (AvgIpc) is 2.83. The number of hydrogen-bond donors (Lipinski definition) is 1. The highest BCUT2D eigenvalue weighted by Crippen LogP contribution is 2.18. The lowest BCUT2D eigenvalue weighted by Gasteiger charge is -2.27. The Bertz CT molecular complexity index is 754. The van der Waals surface area contributed by atoms with Crippen LogP contribution in [0.4, 0.5) is 0 Å². The normalized spacial score (nSPS) is 19.7. The Labute approximate surface area is 136 Å². The van der Waals surface area contributed by atoms with Crippen LogP contribution in [0.1, 0.15) is 37.4 Å². The molecule has 1 saturated heterocycles. The number of aromatic nitrogens is 2. The molecule has 1 atom stereocenters. The van der Waals surface area contributed by atoms with Gasteiger partial charge >= 0.3 is 0 Å². The number of H-pyrrole nitrogens is 1. The van der Waals surface area contributed by atoms with E-state index < -0.39 is 9.84 Å². The molecule has 1 fully saturated rings. The van der Waals surface area contributed by atoms with E-state index in [9.17, 15) is 18.0 Å². The van der Waals surface area contributed by atoms with Gasteiger partial charge < -0.3 is 9.88 Å². The summed E-state index contributed by atoms with van der Waals surface area (Å²) in [5, 5.41) is 0. The molecule has 2 rings (SSSR count). The van der Waals surface area contributed by atoms with Gasteiger partial charge in [-0.15, -0.1) is 0 Å². The van der Waals surface area contributed by atoms with Gasteiger partial charge in [-0.1, -0.05) is 6.92 Å². The van der Waals surface area contributed by atoms with Crippen LogP contribution in [-0.4, -0.2) is 53.3 Å². The Morgan fingerprint density at radius 1 is 1.39 bits per heavy atom. The number of nitrogens with one attached hydrogen (secondary N) is 1. The maximum atomic E-state index is 12.6. The molecule has 1 aromatic rings. The van der Waals surface area contributed by atoms with Crippen molar-refractivity contribution >= 4 is 15.7 Å². The summed E-state index contributed by atoms with van der Waals surface area (Å²) in [4.78, 5) is 33.2. The van der Waals surface area contributed by atoms with Crippen LogP contribution in [0.2, 0.25) is 0 Å². The number of hydrogen-bond acceptors (Lipinski definition) is 5. The summed E-state index contributed by atoms with van der Waals surface area (Å²) in [5.41, 5.74) is 0.610. The van der Waals surface area contributed by atoms with Gasteiger partial charge in [0.15, 0.2) is 9.84 Å². The zero-order chi connectivity index (χ0) is 17.2. The fourth-order valence-electron chi connectivity index (χ4n) is 2.96. The van der Waals surface area contributed by atoms with E-state index in [0.717, 1.165) is 0 Å². The lowest BCUT2D eigenvalue weighted by atomic mass is 10.1. The predicted molar refractivity (Wildman–Crippen MR) is 87.1 cm³/mol. The number of aromatic amines is 1. The van der Waals surface area contributed by atoms with E-state index in [4.69, 9.17) is 0 Å². The Morgan fingerprint density at radius 3 is 2.57 bits per heavy atom. The molecule has 0 unspecified atom stereocenters. The quantitative estimate of drug-likeness (QED) is 0.826. The fourth-order valence-corrected chi connectivity index (χ4v) is 4.69. The summed E-state index contributed by atoms with van der Waals surface area (Å²) in [5.74, 6) is 0.495. The van der Waals surface area contributed by atoms with E-state index in [-0.39, 0.29) is 35.4 Å². The predicted octanol–water partition coefficient (Wildman–Crippen LogP) is 0.219. The van der Waals surface area contributed by atoms with Crippen LogP contribution in [0.25, 0.3) is 0 Å². The van der Waals surface area contributed by atoms with Crippen molar-refractivity contribution in [2.24, 2.45) is 0 Å². The minimum absolute atomic E-state index is 0.00887. The maximum absolute atomic E-state index is 12.6. The molecule has 0 aromatic carbocycles. The minimum atomic E-state index is -3.06. The van der Waals surface area contributed by atoms with Crippen LogP contribution in [0, 0.1) is 6.92 Å². The van der Waals surface area contributed by atoms with Crippen molar-refractivity contribution in [3.63, 3.8) is 0 Å². The van der Waals surface area contributed by atoms with Crippen molar-refractivity contribution in [3.8, 4) is 0 Å². The Balaban J connectivity index is 2.19. The molecule has 0 radical (unpaired) electrons. The highest BCUT2D eigenvalue weighted by atomic mass is 32.2. The van der Waals surface area contributed by atoms with E-state index in [1.165, 1.54) is 0 Å². The van der Waals surface area contributed by atoms with E-state index >= 15 is 0 Å². The first-order valence-corrected chi connectivity index (χ1v) is 9.68. The number of likely N-dealkylation sites (N-methyl/N-ethyl adjacent to an activating group) is 1. The molecule has 1 N–H and O–H groups in total. The largest absolute Gasteiger partial charge is 0.339 e. The highest BCUT2D eigenvalue weighted by Gasteiger charge is 2.34. The zero-order valence-electron chi connectivity index (χ0n) is 13.8. The van der Waals surface area contributed by atoms with Gasteiger partial charge in [0, 0.05) is 30.3 Å². The third-order valence-corrected chi connectivity index (χ3v) is 5.99. The topological polar surface area (TPSA) is 100 Å². The Kier molecular flexibility index (Phi) is 5.23. The molecule has 0 saturated carbocycles. The number of amides is 1. The van der Waals surface area contributed by atoms with Gasteiger partial charge in [-0.3, -0.25) is 9.59 Å². The van der Waals surface area contributed by atoms with Crippen LogP contribution < -0.4 is 5.56 Å². The van der Waals surface area contributed by atoms with Gasteiger partial charge in [0.2, 0.25) is 5.91 Å². The monoisotopic (exact) mass is 341 g/mol. The summed E-state index contributed by atoms with van der Waals surface area (Å²) in [7, 11) is -3.06. The summed E-state index contributed by atoms with van der Waals surface area (Å²) in [6.45, 7) is 5.85. The molecule has 23 heavy (non-hydrogen) atoms. The lowest BCUT2D eigenvalue weighted by Crippen LogP contribution is -2.42. The van der Waals surface area contributed by atoms with Crippen molar-refractivity contribution in [3.05, 3.63) is 27.4 Å². The van der Waals surface area contributed by atoms with Crippen molar-refractivity contribution in [1.29, 1.82) is 0 Å². The Morgan fingerprint density at radius 2 is 2.09 bits per heavy atom. The molecule has 2 heterocycles. The number of rotatable bonds is 5. The van der Waals surface area contributed by atoms with Gasteiger partial charge in [-0.25, -0.2) is 13.4 Å². The second-order valence-electron chi connectivity index (χ2n) is 5.84. The first-order valence-electron chi connectivity index (χ1n) is 7.86. The van der Waals surface area contributed by atoms with Gasteiger partial charge in [-0.05, 0) is 20.3 Å². The van der Waals surface area contributed by atoms with E-state index in [1.54, 1.807) is 11.8 Å². The van der Waals surface area contributed by atoms with Crippen LogP contribution in [0.3, 0.4) is 0 Å². The van der Waals surface area contributed by atoms with Crippen LogP contribution in [-0.2, 0) is 27.5 Å². The molecule has 8 heteroatoms. The number of sulfone groups is 1.